The van der Waals surface area contributed by atoms with Gasteiger partial charge in [0.15, 0.2) is 0 Å². The lowest BCUT2D eigenvalue weighted by molar-refractivity contribution is -0.159. The molecule has 2 saturated heterocycles. The number of benzene rings is 1. The van der Waals surface area contributed by atoms with Crippen LogP contribution >= 0.6 is 0 Å². The van der Waals surface area contributed by atoms with Crippen molar-refractivity contribution in [1.29, 1.82) is 0 Å². The van der Waals surface area contributed by atoms with E-state index < -0.39 is 0 Å². The standard InChI is InChI=1S/C20H24N2O4/c1-3-14-4-5-17-16(8-14)15(9-19(24)26-17)10-22-7-6-20(13-22)12-21(2)18(23)11-25-20/h4-5,8-9H,3,6-7,10-13H2,1-2H3. The second kappa shape index (κ2) is 6.52. The van der Waals surface area contributed by atoms with Crippen LogP contribution in [-0.4, -0.2) is 54.6 Å². The number of nitrogens with zero attached hydrogens (tertiary/aromatic N) is 2. The average Bonchev–Trinajstić information content (AvgIpc) is 3.00. The number of likely N-dealkylation sites (tertiary alicyclic amines) is 1. The van der Waals surface area contributed by atoms with Crippen LogP contribution in [0.15, 0.2) is 33.5 Å². The fourth-order valence-corrected chi connectivity index (χ4v) is 4.07. The van der Waals surface area contributed by atoms with Crippen LogP contribution in [0.4, 0.5) is 0 Å². The van der Waals surface area contributed by atoms with Crippen molar-refractivity contribution in [2.75, 3.05) is 33.3 Å². The maximum absolute atomic E-state index is 12.0. The van der Waals surface area contributed by atoms with E-state index in [4.69, 9.17) is 9.15 Å². The number of amides is 1. The molecule has 6 heteroatoms. The summed E-state index contributed by atoms with van der Waals surface area (Å²) in [6, 6.07) is 7.60. The molecule has 4 rings (SSSR count). The topological polar surface area (TPSA) is 63.0 Å². The molecule has 1 amide bonds. The van der Waals surface area contributed by atoms with Crippen molar-refractivity contribution < 1.29 is 13.9 Å². The number of hydrogen-bond acceptors (Lipinski definition) is 5. The molecule has 2 fully saturated rings. The number of ether oxygens (including phenoxy) is 1. The highest BCUT2D eigenvalue weighted by molar-refractivity contribution is 5.81. The van der Waals surface area contributed by atoms with E-state index in [1.165, 1.54) is 5.56 Å². The average molecular weight is 356 g/mol. The molecule has 0 bridgehead atoms. The van der Waals surface area contributed by atoms with Crippen molar-refractivity contribution in [3.8, 4) is 0 Å². The van der Waals surface area contributed by atoms with E-state index in [0.29, 0.717) is 18.7 Å². The van der Waals surface area contributed by atoms with Gasteiger partial charge in [-0.15, -0.1) is 0 Å². The second-order valence-corrected chi connectivity index (χ2v) is 7.46. The van der Waals surface area contributed by atoms with E-state index in [-0.39, 0.29) is 23.7 Å². The van der Waals surface area contributed by atoms with Crippen LogP contribution in [0.2, 0.25) is 0 Å². The minimum absolute atomic E-state index is 0.0350. The third-order valence-electron chi connectivity index (χ3n) is 5.54. The van der Waals surface area contributed by atoms with Gasteiger partial charge in [0.2, 0.25) is 5.91 Å². The Morgan fingerprint density at radius 3 is 2.81 bits per heavy atom. The smallest absolute Gasteiger partial charge is 0.336 e. The minimum Gasteiger partial charge on any atom is -0.423 e. The van der Waals surface area contributed by atoms with Crippen LogP contribution in [0.25, 0.3) is 11.0 Å². The summed E-state index contributed by atoms with van der Waals surface area (Å²) in [5.74, 6) is 0.0350. The molecule has 138 valence electrons. The zero-order valence-electron chi connectivity index (χ0n) is 15.3. The Labute approximate surface area is 152 Å². The fraction of sp³-hybridized carbons (Fsp3) is 0.500. The summed E-state index contributed by atoms with van der Waals surface area (Å²) in [6.07, 6.45) is 1.83. The molecule has 2 aromatic rings. The first-order chi connectivity index (χ1) is 12.5. The van der Waals surface area contributed by atoms with Crippen molar-refractivity contribution in [1.82, 2.24) is 9.80 Å². The largest absolute Gasteiger partial charge is 0.423 e. The molecule has 3 heterocycles. The molecule has 1 aromatic heterocycles. The van der Waals surface area contributed by atoms with Crippen LogP contribution in [-0.2, 0) is 22.5 Å². The molecule has 26 heavy (non-hydrogen) atoms. The Bertz CT molecular complexity index is 906. The Hall–Kier alpha value is -2.18. The number of morpholine rings is 1. The van der Waals surface area contributed by atoms with E-state index in [0.717, 1.165) is 36.9 Å². The summed E-state index contributed by atoms with van der Waals surface area (Å²) in [7, 11) is 1.83. The number of fused-ring (bicyclic) bond motifs is 1. The summed E-state index contributed by atoms with van der Waals surface area (Å²) in [6.45, 7) is 5.22. The Morgan fingerprint density at radius 2 is 2.04 bits per heavy atom. The van der Waals surface area contributed by atoms with Crippen LogP contribution in [0, 0.1) is 0 Å². The predicted octanol–water partition coefficient (Wildman–Crippen LogP) is 1.79. The SMILES string of the molecule is CCc1ccc2oc(=O)cc(CN3CCC4(C3)CN(C)C(=O)CO4)c2c1. The highest BCUT2D eigenvalue weighted by Gasteiger charge is 2.44. The zero-order chi connectivity index (χ0) is 18.3. The third-order valence-corrected chi connectivity index (χ3v) is 5.54. The summed E-state index contributed by atoms with van der Waals surface area (Å²) >= 11 is 0. The molecule has 0 radical (unpaired) electrons. The normalized spacial score (nSPS) is 24.1. The van der Waals surface area contributed by atoms with Crippen molar-refractivity contribution in [3.63, 3.8) is 0 Å². The molecule has 0 aliphatic carbocycles. The molecule has 6 nitrogen and oxygen atoms in total. The van der Waals surface area contributed by atoms with Gasteiger partial charge in [0.05, 0.1) is 6.54 Å². The fourth-order valence-electron chi connectivity index (χ4n) is 4.07. The Kier molecular flexibility index (Phi) is 4.32. The molecule has 1 atom stereocenters. The van der Waals surface area contributed by atoms with Crippen molar-refractivity contribution in [3.05, 3.63) is 45.8 Å². The van der Waals surface area contributed by atoms with Crippen molar-refractivity contribution in [2.24, 2.45) is 0 Å². The lowest BCUT2D eigenvalue weighted by Crippen LogP contribution is -2.54. The second-order valence-electron chi connectivity index (χ2n) is 7.46. The van der Waals surface area contributed by atoms with Gasteiger partial charge in [-0.1, -0.05) is 13.0 Å². The summed E-state index contributed by atoms with van der Waals surface area (Å²) in [5.41, 5.74) is 2.25. The van der Waals surface area contributed by atoms with Crippen molar-refractivity contribution in [2.45, 2.75) is 31.9 Å². The van der Waals surface area contributed by atoms with Gasteiger partial charge < -0.3 is 14.1 Å². The highest BCUT2D eigenvalue weighted by Crippen LogP contribution is 2.31. The highest BCUT2D eigenvalue weighted by atomic mass is 16.5. The van der Waals surface area contributed by atoms with Gasteiger partial charge in [0.25, 0.3) is 0 Å². The van der Waals surface area contributed by atoms with Crippen LogP contribution < -0.4 is 5.63 Å². The number of carbonyl (C=O) groups is 1. The molecular formula is C20H24N2O4. The monoisotopic (exact) mass is 356 g/mol. The molecule has 0 saturated carbocycles. The van der Waals surface area contributed by atoms with Gasteiger partial charge in [-0.05, 0) is 36.1 Å². The van der Waals surface area contributed by atoms with Gasteiger partial charge in [-0.25, -0.2) is 4.79 Å². The number of hydrogen-bond donors (Lipinski definition) is 0. The van der Waals surface area contributed by atoms with Crippen LogP contribution in [0.5, 0.6) is 0 Å². The first kappa shape index (κ1) is 17.2. The maximum atomic E-state index is 12.0. The summed E-state index contributed by atoms with van der Waals surface area (Å²) < 4.78 is 11.3. The predicted molar refractivity (Wildman–Crippen MR) is 98.1 cm³/mol. The molecule has 2 aliphatic rings. The van der Waals surface area contributed by atoms with E-state index in [1.54, 1.807) is 11.0 Å². The van der Waals surface area contributed by atoms with E-state index >= 15 is 0 Å². The van der Waals surface area contributed by atoms with E-state index in [2.05, 4.69) is 17.9 Å². The lowest BCUT2D eigenvalue weighted by atomic mass is 10.0. The van der Waals surface area contributed by atoms with Gasteiger partial charge in [0, 0.05) is 38.1 Å². The third kappa shape index (κ3) is 3.15. The molecule has 2 aliphatic heterocycles. The molecule has 1 aromatic carbocycles. The first-order valence-electron chi connectivity index (χ1n) is 9.14. The minimum atomic E-state index is -0.315. The number of aryl methyl sites for hydroxylation is 1. The molecule has 1 unspecified atom stereocenters. The summed E-state index contributed by atoms with van der Waals surface area (Å²) in [5, 5.41) is 1.00. The van der Waals surface area contributed by atoms with Gasteiger partial charge >= 0.3 is 5.63 Å². The van der Waals surface area contributed by atoms with Gasteiger partial charge in [0.1, 0.15) is 17.8 Å². The quantitative estimate of drug-likeness (QED) is 0.785. The molecular weight excluding hydrogens is 332 g/mol. The molecule has 0 N–H and O–H groups in total. The maximum Gasteiger partial charge on any atom is 0.336 e. The lowest BCUT2D eigenvalue weighted by Gasteiger charge is -2.38. The van der Waals surface area contributed by atoms with Crippen molar-refractivity contribution >= 4 is 16.9 Å². The summed E-state index contributed by atoms with van der Waals surface area (Å²) in [4.78, 5) is 27.7. The zero-order valence-corrected chi connectivity index (χ0v) is 15.3. The van der Waals surface area contributed by atoms with Gasteiger partial charge in [-0.3, -0.25) is 9.69 Å². The van der Waals surface area contributed by atoms with Gasteiger partial charge in [-0.2, -0.15) is 0 Å². The molecule has 1 spiro atoms. The first-order valence-corrected chi connectivity index (χ1v) is 9.14. The van der Waals surface area contributed by atoms with E-state index in [1.807, 2.05) is 19.2 Å². The van der Waals surface area contributed by atoms with Crippen LogP contribution in [0.3, 0.4) is 0 Å². The van der Waals surface area contributed by atoms with Crippen LogP contribution in [0.1, 0.15) is 24.5 Å². The van der Waals surface area contributed by atoms with E-state index in [9.17, 15) is 9.59 Å². The number of likely N-dealkylation sites (N-methyl/N-ethyl adjacent to an activating group) is 1. The Balaban J connectivity index is 1.58. The number of rotatable bonds is 3. The Morgan fingerprint density at radius 1 is 1.19 bits per heavy atom. The number of carbonyl (C=O) groups excluding carboxylic acids is 1.